The average Bonchev–Trinajstić information content (AvgIpc) is 2.87. The summed E-state index contributed by atoms with van der Waals surface area (Å²) >= 11 is 0. The molecule has 0 aromatic heterocycles. The number of benzene rings is 1. The molecule has 1 unspecified atom stereocenters. The maximum atomic E-state index is 13.2. The summed E-state index contributed by atoms with van der Waals surface area (Å²) < 4.78 is 23.0. The summed E-state index contributed by atoms with van der Waals surface area (Å²) in [4.78, 5) is 0. The van der Waals surface area contributed by atoms with Gasteiger partial charge in [0.15, 0.2) is 0 Å². The van der Waals surface area contributed by atoms with E-state index >= 15 is 0 Å². The van der Waals surface area contributed by atoms with Gasteiger partial charge in [0, 0.05) is 11.6 Å². The fourth-order valence-electron chi connectivity index (χ4n) is 1.12. The third kappa shape index (κ3) is 1.28. The Labute approximate surface area is 69.9 Å². The van der Waals surface area contributed by atoms with Crippen LogP contribution in [-0.2, 0) is 4.74 Å². The molecule has 2 rings (SSSR count). The van der Waals surface area contributed by atoms with Crippen molar-refractivity contribution < 1.29 is 13.9 Å². The Morgan fingerprint density at radius 3 is 2.83 bits per heavy atom. The maximum absolute atomic E-state index is 13.2. The van der Waals surface area contributed by atoms with Crippen molar-refractivity contribution in [3.8, 4) is 5.75 Å². The van der Waals surface area contributed by atoms with Gasteiger partial charge in [-0.1, -0.05) is 0 Å². The van der Waals surface area contributed by atoms with Crippen LogP contribution < -0.4 is 4.74 Å². The van der Waals surface area contributed by atoms with E-state index in [4.69, 9.17) is 9.47 Å². The first kappa shape index (κ1) is 7.55. The van der Waals surface area contributed by atoms with E-state index in [0.29, 0.717) is 17.9 Å². The topological polar surface area (TPSA) is 21.8 Å². The number of hydrogen-bond donors (Lipinski definition) is 0. The predicted octanol–water partition coefficient (Wildman–Crippen LogP) is 1.91. The summed E-state index contributed by atoms with van der Waals surface area (Å²) in [5, 5.41) is 0. The molecule has 0 radical (unpaired) electrons. The minimum absolute atomic E-state index is 0.0316. The molecule has 3 heteroatoms. The van der Waals surface area contributed by atoms with E-state index in [1.165, 1.54) is 13.2 Å². The van der Waals surface area contributed by atoms with E-state index in [1.54, 1.807) is 12.1 Å². The van der Waals surface area contributed by atoms with Crippen molar-refractivity contribution in [2.45, 2.75) is 6.10 Å². The zero-order valence-electron chi connectivity index (χ0n) is 6.71. The van der Waals surface area contributed by atoms with Crippen LogP contribution >= 0.6 is 0 Å². The Morgan fingerprint density at radius 1 is 1.58 bits per heavy atom. The molecule has 0 spiro atoms. The predicted molar refractivity (Wildman–Crippen MR) is 41.6 cm³/mol. The Hall–Kier alpha value is -1.09. The monoisotopic (exact) mass is 168 g/mol. The number of ether oxygens (including phenoxy) is 2. The summed E-state index contributed by atoms with van der Waals surface area (Å²) in [5.41, 5.74) is 0.621. The molecule has 0 amide bonds. The van der Waals surface area contributed by atoms with E-state index in [1.807, 2.05) is 0 Å². The number of methoxy groups -OCH3 is 1. The summed E-state index contributed by atoms with van der Waals surface area (Å²) in [6.45, 7) is 0.628. The van der Waals surface area contributed by atoms with Crippen molar-refractivity contribution in [2.75, 3.05) is 13.7 Å². The van der Waals surface area contributed by atoms with Gasteiger partial charge in [0.1, 0.15) is 17.7 Å². The standard InChI is InChI=1S/C9H9FO2/c1-11-6-2-3-7(8(10)4-6)9-5-12-9/h2-4,9H,5H2,1H3. The Balaban J connectivity index is 2.32. The fourth-order valence-corrected chi connectivity index (χ4v) is 1.12. The molecule has 2 nitrogen and oxygen atoms in total. The molecular weight excluding hydrogens is 159 g/mol. The van der Waals surface area contributed by atoms with E-state index in [9.17, 15) is 4.39 Å². The third-order valence-corrected chi connectivity index (χ3v) is 1.89. The molecule has 1 fully saturated rings. The Kier molecular flexibility index (Phi) is 1.73. The number of rotatable bonds is 2. The molecule has 1 saturated heterocycles. The second-order valence-electron chi connectivity index (χ2n) is 2.71. The largest absolute Gasteiger partial charge is 0.497 e. The van der Waals surface area contributed by atoms with Gasteiger partial charge in [0.05, 0.1) is 13.7 Å². The zero-order chi connectivity index (χ0) is 8.55. The highest BCUT2D eigenvalue weighted by Gasteiger charge is 2.27. The van der Waals surface area contributed by atoms with Crippen LogP contribution in [0.25, 0.3) is 0 Å². The molecule has 1 atom stereocenters. The SMILES string of the molecule is COc1ccc(C2CO2)c(F)c1. The number of epoxide rings is 1. The van der Waals surface area contributed by atoms with Gasteiger partial charge in [-0.05, 0) is 12.1 Å². The third-order valence-electron chi connectivity index (χ3n) is 1.89. The van der Waals surface area contributed by atoms with Crippen LogP contribution in [0.3, 0.4) is 0 Å². The summed E-state index contributed by atoms with van der Waals surface area (Å²) in [5.74, 6) is 0.286. The highest BCUT2D eigenvalue weighted by molar-refractivity contribution is 5.31. The fraction of sp³-hybridized carbons (Fsp3) is 0.333. The minimum Gasteiger partial charge on any atom is -0.497 e. The first-order valence-corrected chi connectivity index (χ1v) is 3.76. The molecule has 12 heavy (non-hydrogen) atoms. The lowest BCUT2D eigenvalue weighted by Gasteiger charge is -2.01. The van der Waals surface area contributed by atoms with Crippen LogP contribution in [0.4, 0.5) is 4.39 Å². The van der Waals surface area contributed by atoms with E-state index < -0.39 is 0 Å². The Morgan fingerprint density at radius 2 is 2.33 bits per heavy atom. The molecule has 64 valence electrons. The molecule has 0 aliphatic carbocycles. The van der Waals surface area contributed by atoms with Crippen LogP contribution in [0, 0.1) is 5.82 Å². The van der Waals surface area contributed by atoms with Crippen molar-refractivity contribution in [1.82, 2.24) is 0 Å². The lowest BCUT2D eigenvalue weighted by molar-refractivity contribution is 0.399. The average molecular weight is 168 g/mol. The van der Waals surface area contributed by atoms with Crippen molar-refractivity contribution >= 4 is 0 Å². The normalized spacial score (nSPS) is 20.7. The first-order valence-electron chi connectivity index (χ1n) is 3.76. The van der Waals surface area contributed by atoms with Gasteiger partial charge < -0.3 is 9.47 Å². The van der Waals surface area contributed by atoms with Gasteiger partial charge in [-0.15, -0.1) is 0 Å². The number of halogens is 1. The molecule has 0 N–H and O–H groups in total. The lowest BCUT2D eigenvalue weighted by Crippen LogP contribution is -1.90. The Bertz CT molecular complexity index is 295. The summed E-state index contributed by atoms with van der Waals surface area (Å²) in [6.07, 6.45) is -0.0316. The highest BCUT2D eigenvalue weighted by atomic mass is 19.1. The van der Waals surface area contributed by atoms with Gasteiger partial charge >= 0.3 is 0 Å². The zero-order valence-corrected chi connectivity index (χ0v) is 6.71. The van der Waals surface area contributed by atoms with Crippen molar-refractivity contribution in [3.05, 3.63) is 29.6 Å². The highest BCUT2D eigenvalue weighted by Crippen LogP contribution is 2.32. The van der Waals surface area contributed by atoms with Gasteiger partial charge in [-0.3, -0.25) is 0 Å². The number of hydrogen-bond acceptors (Lipinski definition) is 2. The van der Waals surface area contributed by atoms with Crippen molar-refractivity contribution in [3.63, 3.8) is 0 Å². The van der Waals surface area contributed by atoms with Crippen LogP contribution in [0.5, 0.6) is 5.75 Å². The van der Waals surface area contributed by atoms with Crippen LogP contribution in [0.1, 0.15) is 11.7 Å². The van der Waals surface area contributed by atoms with Crippen molar-refractivity contribution in [2.24, 2.45) is 0 Å². The van der Waals surface area contributed by atoms with E-state index in [2.05, 4.69) is 0 Å². The van der Waals surface area contributed by atoms with Gasteiger partial charge in [0.2, 0.25) is 0 Å². The quantitative estimate of drug-likeness (QED) is 0.629. The molecule has 1 aliphatic heterocycles. The van der Waals surface area contributed by atoms with Crippen LogP contribution in [0.2, 0.25) is 0 Å². The van der Waals surface area contributed by atoms with Gasteiger partial charge in [-0.25, -0.2) is 4.39 Å². The molecule has 1 heterocycles. The maximum Gasteiger partial charge on any atom is 0.132 e. The second-order valence-corrected chi connectivity index (χ2v) is 2.71. The van der Waals surface area contributed by atoms with Gasteiger partial charge in [0.25, 0.3) is 0 Å². The molecule has 0 bridgehead atoms. The smallest absolute Gasteiger partial charge is 0.132 e. The molecule has 0 saturated carbocycles. The lowest BCUT2D eigenvalue weighted by atomic mass is 10.1. The molecule has 1 aliphatic rings. The second kappa shape index (κ2) is 2.75. The molecule has 1 aromatic rings. The van der Waals surface area contributed by atoms with Crippen LogP contribution in [0.15, 0.2) is 18.2 Å². The summed E-state index contributed by atoms with van der Waals surface area (Å²) in [6, 6.07) is 4.81. The first-order chi connectivity index (χ1) is 5.81. The van der Waals surface area contributed by atoms with Gasteiger partial charge in [-0.2, -0.15) is 0 Å². The minimum atomic E-state index is -0.253. The van der Waals surface area contributed by atoms with Crippen LogP contribution in [-0.4, -0.2) is 13.7 Å². The van der Waals surface area contributed by atoms with E-state index in [0.717, 1.165) is 0 Å². The van der Waals surface area contributed by atoms with Crippen molar-refractivity contribution in [1.29, 1.82) is 0 Å². The van der Waals surface area contributed by atoms with E-state index in [-0.39, 0.29) is 11.9 Å². The summed E-state index contributed by atoms with van der Waals surface area (Å²) in [7, 11) is 1.52. The molecular formula is C9H9FO2. The molecule has 1 aromatic carbocycles.